The first-order valence-corrected chi connectivity index (χ1v) is 5.96. The first-order chi connectivity index (χ1) is 8.54. The SMILES string of the molecule is COc1ccnc(CNC(C)(C)CCO)c1OC. The molecule has 2 N–H and O–H groups in total. The number of aromatic nitrogens is 1. The van der Waals surface area contributed by atoms with Crippen molar-refractivity contribution in [3.63, 3.8) is 0 Å². The van der Waals surface area contributed by atoms with E-state index in [2.05, 4.69) is 10.3 Å². The fraction of sp³-hybridized carbons (Fsp3) is 0.615. The first kappa shape index (κ1) is 14.7. The van der Waals surface area contributed by atoms with Gasteiger partial charge in [-0.25, -0.2) is 0 Å². The molecule has 102 valence electrons. The van der Waals surface area contributed by atoms with Crippen LogP contribution in [0, 0.1) is 0 Å². The molecule has 0 bridgehead atoms. The van der Waals surface area contributed by atoms with Crippen LogP contribution >= 0.6 is 0 Å². The molecule has 0 aliphatic carbocycles. The predicted octanol–water partition coefficient (Wildman–Crippen LogP) is 1.35. The molecule has 0 aliphatic rings. The Morgan fingerprint density at radius 3 is 2.61 bits per heavy atom. The average Bonchev–Trinajstić information content (AvgIpc) is 2.35. The van der Waals surface area contributed by atoms with Gasteiger partial charge in [0.15, 0.2) is 11.5 Å². The molecule has 0 radical (unpaired) electrons. The molecule has 0 unspecified atom stereocenters. The summed E-state index contributed by atoms with van der Waals surface area (Å²) in [6.45, 7) is 4.79. The second kappa shape index (κ2) is 6.56. The predicted molar refractivity (Wildman–Crippen MR) is 70.0 cm³/mol. The third-order valence-corrected chi connectivity index (χ3v) is 2.84. The molecule has 5 nitrogen and oxygen atoms in total. The Morgan fingerprint density at radius 2 is 2.06 bits per heavy atom. The first-order valence-electron chi connectivity index (χ1n) is 5.96. The zero-order valence-corrected chi connectivity index (χ0v) is 11.5. The van der Waals surface area contributed by atoms with Crippen LogP contribution in [0.2, 0.25) is 0 Å². The van der Waals surface area contributed by atoms with Crippen LogP contribution in [-0.4, -0.2) is 36.5 Å². The minimum Gasteiger partial charge on any atom is -0.493 e. The maximum absolute atomic E-state index is 8.98. The van der Waals surface area contributed by atoms with Gasteiger partial charge in [0.1, 0.15) is 0 Å². The Hall–Kier alpha value is -1.33. The number of nitrogens with zero attached hydrogens (tertiary/aromatic N) is 1. The molecule has 0 aromatic carbocycles. The summed E-state index contributed by atoms with van der Waals surface area (Å²) >= 11 is 0. The number of rotatable bonds is 7. The van der Waals surface area contributed by atoms with Crippen LogP contribution in [0.15, 0.2) is 12.3 Å². The van der Waals surface area contributed by atoms with Crippen molar-refractivity contribution >= 4 is 0 Å². The molecule has 0 fully saturated rings. The maximum Gasteiger partial charge on any atom is 0.183 e. The van der Waals surface area contributed by atoms with E-state index in [0.717, 1.165) is 5.69 Å². The van der Waals surface area contributed by atoms with E-state index in [0.29, 0.717) is 24.5 Å². The van der Waals surface area contributed by atoms with Crippen molar-refractivity contribution in [3.05, 3.63) is 18.0 Å². The number of hydrogen-bond acceptors (Lipinski definition) is 5. The molecule has 1 rings (SSSR count). The third-order valence-electron chi connectivity index (χ3n) is 2.84. The average molecular weight is 254 g/mol. The molecule has 18 heavy (non-hydrogen) atoms. The lowest BCUT2D eigenvalue weighted by Crippen LogP contribution is -2.39. The fourth-order valence-electron chi connectivity index (χ4n) is 1.67. The highest BCUT2D eigenvalue weighted by molar-refractivity contribution is 5.42. The maximum atomic E-state index is 8.98. The van der Waals surface area contributed by atoms with E-state index in [1.54, 1.807) is 26.5 Å². The summed E-state index contributed by atoms with van der Waals surface area (Å²) < 4.78 is 10.5. The topological polar surface area (TPSA) is 63.6 Å². The number of aliphatic hydroxyl groups is 1. The molecule has 0 saturated carbocycles. The normalized spacial score (nSPS) is 11.4. The summed E-state index contributed by atoms with van der Waals surface area (Å²) in [7, 11) is 3.20. The smallest absolute Gasteiger partial charge is 0.183 e. The van der Waals surface area contributed by atoms with E-state index >= 15 is 0 Å². The van der Waals surface area contributed by atoms with Gasteiger partial charge < -0.3 is 19.9 Å². The monoisotopic (exact) mass is 254 g/mol. The van der Waals surface area contributed by atoms with Crippen LogP contribution in [0.25, 0.3) is 0 Å². The van der Waals surface area contributed by atoms with Crippen molar-refractivity contribution < 1.29 is 14.6 Å². The van der Waals surface area contributed by atoms with Crippen LogP contribution in [0.3, 0.4) is 0 Å². The molecule has 1 aromatic heterocycles. The molecule has 1 aromatic rings. The van der Waals surface area contributed by atoms with Crippen LogP contribution in [0.1, 0.15) is 26.0 Å². The van der Waals surface area contributed by atoms with Crippen LogP contribution in [0.4, 0.5) is 0 Å². The number of hydrogen-bond donors (Lipinski definition) is 2. The molecule has 0 saturated heterocycles. The Balaban J connectivity index is 2.78. The number of methoxy groups -OCH3 is 2. The Labute approximate surface area is 108 Å². The number of pyridine rings is 1. The lowest BCUT2D eigenvalue weighted by atomic mass is 10.0. The van der Waals surface area contributed by atoms with Crippen LogP contribution in [-0.2, 0) is 6.54 Å². The van der Waals surface area contributed by atoms with Gasteiger partial charge in [-0.05, 0) is 20.3 Å². The van der Waals surface area contributed by atoms with Crippen LogP contribution in [0.5, 0.6) is 11.5 Å². The molecular formula is C13H22N2O3. The van der Waals surface area contributed by atoms with E-state index in [1.165, 1.54) is 0 Å². The third kappa shape index (κ3) is 3.85. The summed E-state index contributed by atoms with van der Waals surface area (Å²) in [5.41, 5.74) is 0.646. The van der Waals surface area contributed by atoms with Crippen molar-refractivity contribution in [2.24, 2.45) is 0 Å². The Kier molecular flexibility index (Phi) is 5.37. The number of nitrogens with one attached hydrogen (secondary N) is 1. The summed E-state index contributed by atoms with van der Waals surface area (Å²) in [6.07, 6.45) is 2.37. The quantitative estimate of drug-likeness (QED) is 0.769. The van der Waals surface area contributed by atoms with E-state index in [1.807, 2.05) is 13.8 Å². The van der Waals surface area contributed by atoms with E-state index in [-0.39, 0.29) is 12.1 Å². The highest BCUT2D eigenvalue weighted by Crippen LogP contribution is 2.29. The van der Waals surface area contributed by atoms with Crippen LogP contribution < -0.4 is 14.8 Å². The molecule has 1 heterocycles. The molecule has 0 amide bonds. The van der Waals surface area contributed by atoms with Gasteiger partial charge >= 0.3 is 0 Å². The fourth-order valence-corrected chi connectivity index (χ4v) is 1.67. The van der Waals surface area contributed by atoms with Crippen molar-refractivity contribution in [1.82, 2.24) is 10.3 Å². The molecule has 5 heteroatoms. The zero-order valence-electron chi connectivity index (χ0n) is 11.5. The van der Waals surface area contributed by atoms with E-state index < -0.39 is 0 Å². The summed E-state index contributed by atoms with van der Waals surface area (Å²) in [4.78, 5) is 4.29. The minimum absolute atomic E-state index is 0.148. The van der Waals surface area contributed by atoms with Crippen molar-refractivity contribution in [2.75, 3.05) is 20.8 Å². The molecule has 0 aliphatic heterocycles. The zero-order chi connectivity index (χ0) is 13.6. The van der Waals surface area contributed by atoms with E-state index in [4.69, 9.17) is 14.6 Å². The van der Waals surface area contributed by atoms with Gasteiger partial charge in [0.05, 0.1) is 19.9 Å². The van der Waals surface area contributed by atoms with Crippen molar-refractivity contribution in [1.29, 1.82) is 0 Å². The van der Waals surface area contributed by atoms with Crippen molar-refractivity contribution in [2.45, 2.75) is 32.4 Å². The van der Waals surface area contributed by atoms with Crippen molar-refractivity contribution in [3.8, 4) is 11.5 Å². The summed E-state index contributed by atoms with van der Waals surface area (Å²) in [5, 5.41) is 12.3. The molecular weight excluding hydrogens is 232 g/mol. The number of aliphatic hydroxyl groups excluding tert-OH is 1. The van der Waals surface area contributed by atoms with Gasteiger partial charge in [0.25, 0.3) is 0 Å². The second-order valence-corrected chi connectivity index (χ2v) is 4.70. The standard InChI is InChI=1S/C13H22N2O3/c1-13(2,6-8-16)15-9-10-12(18-4)11(17-3)5-7-14-10/h5,7,15-16H,6,8-9H2,1-4H3. The highest BCUT2D eigenvalue weighted by atomic mass is 16.5. The van der Waals surface area contributed by atoms with Gasteiger partial charge in [-0.2, -0.15) is 0 Å². The second-order valence-electron chi connectivity index (χ2n) is 4.70. The largest absolute Gasteiger partial charge is 0.493 e. The molecule has 0 spiro atoms. The van der Waals surface area contributed by atoms with Gasteiger partial charge in [0.2, 0.25) is 0 Å². The summed E-state index contributed by atoms with van der Waals surface area (Å²) in [5.74, 6) is 1.32. The van der Waals surface area contributed by atoms with Gasteiger partial charge in [-0.15, -0.1) is 0 Å². The lowest BCUT2D eigenvalue weighted by molar-refractivity contribution is 0.229. The Bertz CT molecular complexity index is 380. The minimum atomic E-state index is -0.148. The lowest BCUT2D eigenvalue weighted by Gasteiger charge is -2.25. The Morgan fingerprint density at radius 1 is 1.33 bits per heavy atom. The van der Waals surface area contributed by atoms with E-state index in [9.17, 15) is 0 Å². The highest BCUT2D eigenvalue weighted by Gasteiger charge is 2.18. The summed E-state index contributed by atoms with van der Waals surface area (Å²) in [6, 6.07) is 1.77. The van der Waals surface area contributed by atoms with Gasteiger partial charge in [0, 0.05) is 31.0 Å². The number of ether oxygens (including phenoxy) is 2. The molecule has 0 atom stereocenters. The van der Waals surface area contributed by atoms with Gasteiger partial charge in [-0.3, -0.25) is 4.98 Å². The van der Waals surface area contributed by atoms with Gasteiger partial charge in [-0.1, -0.05) is 0 Å².